The van der Waals surface area contributed by atoms with Gasteiger partial charge in [-0.3, -0.25) is 9.78 Å². The van der Waals surface area contributed by atoms with Crippen LogP contribution in [0, 0.1) is 11.3 Å². The number of pyridine rings is 1. The third-order valence-electron chi connectivity index (χ3n) is 5.81. The fraction of sp³-hybridized carbons (Fsp3) is 0.160. The monoisotopic (exact) mass is 520 g/mol. The predicted molar refractivity (Wildman–Crippen MR) is 124 cm³/mol. The molecule has 0 radical (unpaired) electrons. The number of rotatable bonds is 4. The van der Waals surface area contributed by atoms with E-state index >= 15 is 0 Å². The zero-order chi connectivity index (χ0) is 21.1. The lowest BCUT2D eigenvalue weighted by molar-refractivity contribution is -0.105. The number of carbonyl (C=O) groups is 1. The fourth-order valence-corrected chi connectivity index (χ4v) is 5.00. The topological polar surface area (TPSA) is 53.8 Å². The lowest BCUT2D eigenvalue weighted by Gasteiger charge is -2.44. The summed E-state index contributed by atoms with van der Waals surface area (Å²) in [5, 5.41) is 10.7. The fourth-order valence-electron chi connectivity index (χ4n) is 4.48. The lowest BCUT2D eigenvalue weighted by Crippen LogP contribution is -2.43. The van der Waals surface area contributed by atoms with Crippen molar-refractivity contribution >= 4 is 38.1 Å². The summed E-state index contributed by atoms with van der Waals surface area (Å²) in [6.45, 7) is 0. The van der Waals surface area contributed by atoms with Crippen molar-refractivity contribution < 1.29 is 4.79 Å². The molecule has 0 aliphatic heterocycles. The highest BCUT2D eigenvalue weighted by Gasteiger charge is 2.52. The van der Waals surface area contributed by atoms with Crippen LogP contribution in [0.1, 0.15) is 35.1 Å². The van der Waals surface area contributed by atoms with E-state index in [-0.39, 0.29) is 5.92 Å². The smallest absolute Gasteiger partial charge is 0.146 e. The molecule has 148 valence electrons. The SMILES string of the molecule is N#C[C@]1(c2ccccn2)[C@H](c2ccc(Br)cc2)CC=C(C=O)[C@H]1c1ccc(Br)cc1. The van der Waals surface area contributed by atoms with Gasteiger partial charge in [-0.2, -0.15) is 5.26 Å². The molecule has 0 amide bonds. The predicted octanol–water partition coefficient (Wildman–Crippen LogP) is 6.46. The van der Waals surface area contributed by atoms with E-state index < -0.39 is 11.3 Å². The molecular weight excluding hydrogens is 504 g/mol. The first kappa shape index (κ1) is 20.7. The summed E-state index contributed by atoms with van der Waals surface area (Å²) in [6.07, 6.45) is 5.17. The molecule has 1 heterocycles. The van der Waals surface area contributed by atoms with Gasteiger partial charge in [0.2, 0.25) is 0 Å². The standard InChI is InChI=1S/C25H18Br2N2O/c26-20-9-4-17(5-10-20)22-13-8-19(15-30)24(18-6-11-21(27)12-7-18)25(22,16-28)23-3-1-2-14-29-23/h1-12,14-15,22,24H,13H2/t22-,24+,25+/m0/s1. The molecule has 3 nitrogen and oxygen atoms in total. The number of hydrogen-bond donors (Lipinski definition) is 0. The number of carbonyl (C=O) groups excluding carboxylic acids is 1. The van der Waals surface area contributed by atoms with E-state index in [0.29, 0.717) is 17.7 Å². The number of halogens is 2. The van der Waals surface area contributed by atoms with Crippen LogP contribution in [-0.2, 0) is 10.2 Å². The van der Waals surface area contributed by atoms with Crippen LogP contribution in [-0.4, -0.2) is 11.3 Å². The molecule has 4 rings (SSSR count). The van der Waals surface area contributed by atoms with Crippen LogP contribution in [0.3, 0.4) is 0 Å². The summed E-state index contributed by atoms with van der Waals surface area (Å²) < 4.78 is 1.93. The van der Waals surface area contributed by atoms with E-state index in [1.807, 2.05) is 72.8 Å². The van der Waals surface area contributed by atoms with Gasteiger partial charge in [-0.1, -0.05) is 68.3 Å². The average Bonchev–Trinajstić information content (AvgIpc) is 2.80. The van der Waals surface area contributed by atoms with Crippen molar-refractivity contribution in [3.63, 3.8) is 0 Å². The van der Waals surface area contributed by atoms with Gasteiger partial charge in [0.15, 0.2) is 0 Å². The van der Waals surface area contributed by atoms with Crippen molar-refractivity contribution in [2.75, 3.05) is 0 Å². The Kier molecular flexibility index (Phi) is 5.99. The number of nitrogens with zero attached hydrogens (tertiary/aromatic N) is 2. The van der Waals surface area contributed by atoms with Gasteiger partial charge in [-0.15, -0.1) is 0 Å². The maximum absolute atomic E-state index is 12.1. The Bertz CT molecular complexity index is 1120. The largest absolute Gasteiger partial charge is 0.298 e. The highest BCUT2D eigenvalue weighted by molar-refractivity contribution is 9.10. The molecule has 0 saturated carbocycles. The molecule has 0 spiro atoms. The van der Waals surface area contributed by atoms with Crippen LogP contribution in [0.5, 0.6) is 0 Å². The lowest BCUT2D eigenvalue weighted by atomic mass is 9.55. The highest BCUT2D eigenvalue weighted by atomic mass is 79.9. The minimum atomic E-state index is -1.02. The van der Waals surface area contributed by atoms with Gasteiger partial charge in [0.25, 0.3) is 0 Å². The van der Waals surface area contributed by atoms with E-state index in [4.69, 9.17) is 0 Å². The summed E-state index contributed by atoms with van der Waals surface area (Å²) in [7, 11) is 0. The molecule has 0 unspecified atom stereocenters. The summed E-state index contributed by atoms with van der Waals surface area (Å²) in [4.78, 5) is 16.7. The Labute approximate surface area is 192 Å². The van der Waals surface area contributed by atoms with Crippen molar-refractivity contribution in [2.24, 2.45) is 0 Å². The first-order chi connectivity index (χ1) is 14.6. The van der Waals surface area contributed by atoms with Crippen LogP contribution in [0.25, 0.3) is 0 Å². The van der Waals surface area contributed by atoms with Crippen LogP contribution < -0.4 is 0 Å². The zero-order valence-electron chi connectivity index (χ0n) is 16.0. The first-order valence-corrected chi connectivity index (χ1v) is 11.2. The average molecular weight is 522 g/mol. The van der Waals surface area contributed by atoms with Gasteiger partial charge in [0, 0.05) is 27.0 Å². The maximum atomic E-state index is 12.1. The van der Waals surface area contributed by atoms with E-state index in [9.17, 15) is 10.1 Å². The highest BCUT2D eigenvalue weighted by Crippen LogP contribution is 2.55. The molecular formula is C25H18Br2N2O. The summed E-state index contributed by atoms with van der Waals surface area (Å²) in [6, 6.07) is 24.2. The van der Waals surface area contributed by atoms with Crippen LogP contribution in [0.4, 0.5) is 0 Å². The number of hydrogen-bond acceptors (Lipinski definition) is 3. The van der Waals surface area contributed by atoms with Gasteiger partial charge in [-0.25, -0.2) is 0 Å². The van der Waals surface area contributed by atoms with Gasteiger partial charge < -0.3 is 0 Å². The second-order valence-electron chi connectivity index (χ2n) is 7.34. The van der Waals surface area contributed by atoms with Crippen LogP contribution >= 0.6 is 31.9 Å². The Morgan fingerprint density at radius 3 is 2.13 bits per heavy atom. The zero-order valence-corrected chi connectivity index (χ0v) is 19.2. The molecule has 0 N–H and O–H groups in total. The normalized spacial score (nSPS) is 23.3. The Morgan fingerprint density at radius 1 is 0.967 bits per heavy atom. The van der Waals surface area contributed by atoms with Crippen molar-refractivity contribution in [3.05, 3.63) is 110 Å². The van der Waals surface area contributed by atoms with Crippen molar-refractivity contribution in [1.82, 2.24) is 4.98 Å². The number of aldehydes is 1. The van der Waals surface area contributed by atoms with Crippen molar-refractivity contribution in [1.29, 1.82) is 5.26 Å². The molecule has 0 fully saturated rings. The van der Waals surface area contributed by atoms with E-state index in [2.05, 4.69) is 42.9 Å². The van der Waals surface area contributed by atoms with Crippen LogP contribution in [0.15, 0.2) is 93.5 Å². The molecule has 2 aromatic carbocycles. The van der Waals surface area contributed by atoms with Gasteiger partial charge in [0.05, 0.1) is 11.8 Å². The molecule has 1 aliphatic rings. The van der Waals surface area contributed by atoms with Gasteiger partial charge >= 0.3 is 0 Å². The Balaban J connectivity index is 2.01. The van der Waals surface area contributed by atoms with Crippen molar-refractivity contribution in [2.45, 2.75) is 23.7 Å². The first-order valence-electron chi connectivity index (χ1n) is 9.59. The van der Waals surface area contributed by atoms with E-state index in [1.165, 1.54) is 0 Å². The molecule has 0 bridgehead atoms. The molecule has 3 atom stereocenters. The van der Waals surface area contributed by atoms with Gasteiger partial charge in [-0.05, 0) is 59.5 Å². The van der Waals surface area contributed by atoms with E-state index in [1.54, 1.807) is 6.20 Å². The molecule has 5 heteroatoms. The third-order valence-corrected chi connectivity index (χ3v) is 6.87. The number of nitriles is 1. The summed E-state index contributed by atoms with van der Waals surface area (Å²) in [5.41, 5.74) is 2.26. The number of allylic oxidation sites excluding steroid dienone is 2. The minimum Gasteiger partial charge on any atom is -0.298 e. The molecule has 3 aromatic rings. The second-order valence-corrected chi connectivity index (χ2v) is 9.17. The Hall–Kier alpha value is -2.55. The number of aromatic nitrogens is 1. The second kappa shape index (κ2) is 8.67. The number of benzene rings is 2. The molecule has 30 heavy (non-hydrogen) atoms. The molecule has 1 aromatic heterocycles. The van der Waals surface area contributed by atoms with Crippen LogP contribution in [0.2, 0.25) is 0 Å². The summed E-state index contributed by atoms with van der Waals surface area (Å²) in [5.74, 6) is -0.576. The maximum Gasteiger partial charge on any atom is 0.146 e. The van der Waals surface area contributed by atoms with Crippen molar-refractivity contribution in [3.8, 4) is 6.07 Å². The quantitative estimate of drug-likeness (QED) is 0.370. The minimum absolute atomic E-state index is 0.150. The Morgan fingerprint density at radius 2 is 1.60 bits per heavy atom. The summed E-state index contributed by atoms with van der Waals surface area (Å²) >= 11 is 6.98. The molecule has 0 saturated heterocycles. The van der Waals surface area contributed by atoms with Gasteiger partial charge in [0.1, 0.15) is 11.7 Å². The molecule has 1 aliphatic carbocycles. The van der Waals surface area contributed by atoms with E-state index in [0.717, 1.165) is 26.4 Å². The third kappa shape index (κ3) is 3.55.